The SMILES string of the molecule is CCOC(=O)c1c(C)[nH]c2sc(C)cc2c1=O. The number of H-pyrrole nitrogens is 1. The molecule has 2 heterocycles. The molecule has 0 fully saturated rings. The second kappa shape index (κ2) is 4.33. The van der Waals surface area contributed by atoms with E-state index in [1.807, 2.05) is 6.92 Å². The van der Waals surface area contributed by atoms with Crippen LogP contribution in [0.1, 0.15) is 27.9 Å². The van der Waals surface area contributed by atoms with E-state index in [0.717, 1.165) is 9.71 Å². The topological polar surface area (TPSA) is 59.2 Å². The van der Waals surface area contributed by atoms with Crippen molar-refractivity contribution in [3.05, 3.63) is 32.4 Å². The van der Waals surface area contributed by atoms with Crippen LogP contribution < -0.4 is 5.43 Å². The summed E-state index contributed by atoms with van der Waals surface area (Å²) < 4.78 is 4.89. The number of thiophene rings is 1. The first-order valence-corrected chi connectivity index (χ1v) is 6.16. The third-order valence-corrected chi connectivity index (χ3v) is 3.45. The van der Waals surface area contributed by atoms with E-state index in [4.69, 9.17) is 4.74 Å². The molecule has 0 aliphatic heterocycles. The van der Waals surface area contributed by atoms with Crippen molar-refractivity contribution in [2.45, 2.75) is 20.8 Å². The van der Waals surface area contributed by atoms with Gasteiger partial charge in [0.15, 0.2) is 0 Å². The molecule has 0 saturated carbocycles. The number of carbonyl (C=O) groups is 1. The fourth-order valence-corrected chi connectivity index (χ4v) is 2.73. The third-order valence-electron chi connectivity index (χ3n) is 2.48. The molecule has 2 aromatic rings. The number of esters is 1. The van der Waals surface area contributed by atoms with E-state index in [9.17, 15) is 9.59 Å². The van der Waals surface area contributed by atoms with E-state index >= 15 is 0 Å². The van der Waals surface area contributed by atoms with E-state index in [-0.39, 0.29) is 17.6 Å². The number of aromatic amines is 1. The van der Waals surface area contributed by atoms with Crippen LogP contribution in [-0.2, 0) is 4.74 Å². The number of ether oxygens (including phenoxy) is 1. The predicted molar refractivity (Wildman–Crippen MR) is 67.9 cm³/mol. The molecule has 0 aromatic carbocycles. The maximum atomic E-state index is 12.2. The Bertz CT molecular complexity index is 639. The summed E-state index contributed by atoms with van der Waals surface area (Å²) in [4.78, 5) is 28.8. The Hall–Kier alpha value is -1.62. The summed E-state index contributed by atoms with van der Waals surface area (Å²) in [5.74, 6) is -0.558. The molecule has 4 nitrogen and oxygen atoms in total. The van der Waals surface area contributed by atoms with Crippen LogP contribution in [0.3, 0.4) is 0 Å². The molecule has 0 bridgehead atoms. The highest BCUT2D eigenvalue weighted by atomic mass is 32.1. The van der Waals surface area contributed by atoms with E-state index in [1.54, 1.807) is 19.9 Å². The molecule has 5 heteroatoms. The number of aromatic nitrogens is 1. The van der Waals surface area contributed by atoms with Crippen LogP contribution in [0.4, 0.5) is 0 Å². The molecule has 0 aliphatic carbocycles. The minimum atomic E-state index is -0.558. The summed E-state index contributed by atoms with van der Waals surface area (Å²) in [6.07, 6.45) is 0. The Morgan fingerprint density at radius 1 is 1.47 bits per heavy atom. The number of nitrogens with one attached hydrogen (secondary N) is 1. The monoisotopic (exact) mass is 251 g/mol. The molecule has 0 amide bonds. The van der Waals surface area contributed by atoms with E-state index < -0.39 is 5.97 Å². The summed E-state index contributed by atoms with van der Waals surface area (Å²) in [6.45, 7) is 5.62. The zero-order valence-electron chi connectivity index (χ0n) is 9.92. The minimum Gasteiger partial charge on any atom is -0.462 e. The standard InChI is InChI=1S/C12H13NO3S/c1-4-16-12(15)9-7(3)13-11-8(10(9)14)5-6(2)17-11/h5H,4H2,1-3H3,(H,13,14). The van der Waals surface area contributed by atoms with Crippen molar-refractivity contribution < 1.29 is 9.53 Å². The molecular formula is C12H13NO3S. The lowest BCUT2D eigenvalue weighted by Crippen LogP contribution is -2.20. The molecule has 1 N–H and O–H groups in total. The Balaban J connectivity index is 2.71. The van der Waals surface area contributed by atoms with Crippen molar-refractivity contribution in [2.24, 2.45) is 0 Å². The summed E-state index contributed by atoms with van der Waals surface area (Å²) in [7, 11) is 0. The molecule has 0 spiro atoms. The number of fused-ring (bicyclic) bond motifs is 1. The van der Waals surface area contributed by atoms with E-state index in [1.165, 1.54) is 11.3 Å². The molecule has 0 unspecified atom stereocenters. The van der Waals surface area contributed by atoms with Gasteiger partial charge in [-0.05, 0) is 26.8 Å². The quantitative estimate of drug-likeness (QED) is 0.834. The maximum absolute atomic E-state index is 12.2. The van der Waals surface area contributed by atoms with Crippen LogP contribution in [0.25, 0.3) is 10.2 Å². The average molecular weight is 251 g/mol. The van der Waals surface area contributed by atoms with E-state index in [2.05, 4.69) is 4.98 Å². The first-order valence-electron chi connectivity index (χ1n) is 5.34. The first-order chi connectivity index (χ1) is 8.04. The summed E-state index contributed by atoms with van der Waals surface area (Å²) >= 11 is 1.51. The van der Waals surface area contributed by atoms with Gasteiger partial charge in [0, 0.05) is 10.6 Å². The van der Waals surface area contributed by atoms with Gasteiger partial charge in [0.05, 0.1) is 12.0 Å². The molecule has 2 aromatic heterocycles. The normalized spacial score (nSPS) is 10.8. The highest BCUT2D eigenvalue weighted by Crippen LogP contribution is 2.21. The lowest BCUT2D eigenvalue weighted by atomic mass is 10.1. The first kappa shape index (κ1) is 11.9. The predicted octanol–water partition coefficient (Wildman–Crippen LogP) is 2.38. The van der Waals surface area contributed by atoms with Gasteiger partial charge in [-0.2, -0.15) is 0 Å². The second-order valence-corrected chi connectivity index (χ2v) is 5.03. The van der Waals surface area contributed by atoms with Gasteiger partial charge in [-0.3, -0.25) is 4.79 Å². The van der Waals surface area contributed by atoms with Gasteiger partial charge in [-0.25, -0.2) is 4.79 Å². The van der Waals surface area contributed by atoms with Crippen molar-refractivity contribution in [1.29, 1.82) is 0 Å². The number of aryl methyl sites for hydroxylation is 2. The Morgan fingerprint density at radius 3 is 2.82 bits per heavy atom. The van der Waals surface area contributed by atoms with E-state index in [0.29, 0.717) is 11.1 Å². The highest BCUT2D eigenvalue weighted by Gasteiger charge is 2.18. The lowest BCUT2D eigenvalue weighted by Gasteiger charge is -2.04. The fraction of sp³-hybridized carbons (Fsp3) is 0.333. The molecule has 2 rings (SSSR count). The van der Waals surface area contributed by atoms with Crippen molar-refractivity contribution in [3.8, 4) is 0 Å². The van der Waals surface area contributed by atoms with Crippen molar-refractivity contribution in [3.63, 3.8) is 0 Å². The van der Waals surface area contributed by atoms with Gasteiger partial charge in [0.2, 0.25) is 5.43 Å². The van der Waals surface area contributed by atoms with Crippen LogP contribution in [0.2, 0.25) is 0 Å². The zero-order valence-corrected chi connectivity index (χ0v) is 10.7. The smallest absolute Gasteiger partial charge is 0.343 e. The summed E-state index contributed by atoms with van der Waals surface area (Å²) in [5.41, 5.74) is 0.416. The van der Waals surface area contributed by atoms with Crippen LogP contribution >= 0.6 is 11.3 Å². The Labute approximate surface area is 102 Å². The Morgan fingerprint density at radius 2 is 2.18 bits per heavy atom. The number of hydrogen-bond donors (Lipinski definition) is 1. The van der Waals surface area contributed by atoms with Gasteiger partial charge in [-0.15, -0.1) is 11.3 Å². The fourth-order valence-electron chi connectivity index (χ4n) is 1.76. The maximum Gasteiger partial charge on any atom is 0.343 e. The highest BCUT2D eigenvalue weighted by molar-refractivity contribution is 7.18. The molecule has 17 heavy (non-hydrogen) atoms. The van der Waals surface area contributed by atoms with Crippen LogP contribution in [0.15, 0.2) is 10.9 Å². The Kier molecular flexibility index (Phi) is 3.02. The third kappa shape index (κ3) is 1.98. The van der Waals surface area contributed by atoms with Gasteiger partial charge < -0.3 is 9.72 Å². The molecule has 90 valence electrons. The number of pyridine rings is 1. The van der Waals surface area contributed by atoms with Crippen molar-refractivity contribution in [1.82, 2.24) is 4.98 Å². The van der Waals surface area contributed by atoms with Gasteiger partial charge >= 0.3 is 5.97 Å². The number of hydrogen-bond acceptors (Lipinski definition) is 4. The molecular weight excluding hydrogens is 238 g/mol. The zero-order chi connectivity index (χ0) is 12.6. The van der Waals surface area contributed by atoms with Crippen LogP contribution in [0, 0.1) is 13.8 Å². The molecule has 0 atom stereocenters. The minimum absolute atomic E-state index is 0.108. The van der Waals surface area contributed by atoms with Crippen molar-refractivity contribution in [2.75, 3.05) is 6.61 Å². The van der Waals surface area contributed by atoms with Gasteiger partial charge in [-0.1, -0.05) is 0 Å². The second-order valence-electron chi connectivity index (χ2n) is 3.77. The molecule has 0 saturated heterocycles. The summed E-state index contributed by atoms with van der Waals surface area (Å²) in [6, 6.07) is 1.79. The largest absolute Gasteiger partial charge is 0.462 e. The van der Waals surface area contributed by atoms with Crippen molar-refractivity contribution >= 4 is 27.5 Å². The van der Waals surface area contributed by atoms with Crippen LogP contribution in [0.5, 0.6) is 0 Å². The lowest BCUT2D eigenvalue weighted by molar-refractivity contribution is 0.0524. The summed E-state index contributed by atoms with van der Waals surface area (Å²) in [5, 5.41) is 0.557. The number of rotatable bonds is 2. The molecule has 0 aliphatic rings. The molecule has 0 radical (unpaired) electrons. The van der Waals surface area contributed by atoms with Crippen LogP contribution in [-0.4, -0.2) is 17.6 Å². The van der Waals surface area contributed by atoms with Gasteiger partial charge in [0.1, 0.15) is 10.4 Å². The number of carbonyl (C=O) groups excluding carboxylic acids is 1. The average Bonchev–Trinajstić information content (AvgIpc) is 2.59. The van der Waals surface area contributed by atoms with Gasteiger partial charge in [0.25, 0.3) is 0 Å².